The lowest BCUT2D eigenvalue weighted by Crippen LogP contribution is -2.72. The third kappa shape index (κ3) is 3.70. The predicted octanol–water partition coefficient (Wildman–Crippen LogP) is 0.126. The molecule has 1 unspecified atom stereocenters. The van der Waals surface area contributed by atoms with E-state index in [2.05, 4.69) is 4.74 Å². The van der Waals surface area contributed by atoms with E-state index in [1.807, 2.05) is 0 Å². The lowest BCUT2D eigenvalue weighted by Gasteiger charge is -2.54. The molecule has 2 aromatic rings. The molecule has 0 aliphatic heterocycles. The van der Waals surface area contributed by atoms with E-state index in [1.165, 1.54) is 36.4 Å². The van der Waals surface area contributed by atoms with Crippen LogP contribution in [0, 0.1) is 0 Å². The number of Topliss-reactive ketones (excluding diaryl/α,β-unsaturated/α-hetero) is 2. The Balaban J connectivity index is 1.69. The number of benzene rings is 2. The van der Waals surface area contributed by atoms with Gasteiger partial charge < -0.3 is 45.6 Å². The first-order chi connectivity index (χ1) is 19.1. The SMILES string of the molecule is COC(=O)C(O)c1ccc(-c2ccc(O)c3c2C[C@]2(O)C[C@]4(O)CC(=O)C(C(=O)O)=C(O)[C@]4(O)C(=O)C2=C3O)cc1. The summed E-state index contributed by atoms with van der Waals surface area (Å²) in [4.78, 5) is 49.4. The van der Waals surface area contributed by atoms with Crippen LogP contribution < -0.4 is 0 Å². The third-order valence-electron chi connectivity index (χ3n) is 8.00. The third-order valence-corrected chi connectivity index (χ3v) is 8.00. The zero-order valence-electron chi connectivity index (χ0n) is 21.3. The molecule has 0 spiro atoms. The van der Waals surface area contributed by atoms with Crippen molar-refractivity contribution in [1.82, 2.24) is 0 Å². The maximum Gasteiger partial charge on any atom is 0.342 e. The van der Waals surface area contributed by atoms with Gasteiger partial charge in [0.15, 0.2) is 17.6 Å². The highest BCUT2D eigenvalue weighted by Gasteiger charge is 2.71. The molecule has 0 heterocycles. The number of phenolic OH excluding ortho intramolecular Hbond substituents is 1. The number of rotatable bonds is 4. The van der Waals surface area contributed by atoms with Crippen LogP contribution in [0.2, 0.25) is 0 Å². The number of carboxylic acids is 1. The minimum Gasteiger partial charge on any atom is -0.508 e. The molecule has 214 valence electrons. The number of ketones is 2. The van der Waals surface area contributed by atoms with Crippen LogP contribution in [-0.4, -0.2) is 88.3 Å². The number of ether oxygens (including phenoxy) is 1. The van der Waals surface area contributed by atoms with Crippen molar-refractivity contribution >= 4 is 29.3 Å². The second-order valence-electron chi connectivity index (χ2n) is 10.3. The van der Waals surface area contributed by atoms with Crippen molar-refractivity contribution in [3.8, 4) is 16.9 Å². The highest BCUT2D eigenvalue weighted by atomic mass is 16.5. The molecule has 0 aromatic heterocycles. The Bertz CT molecular complexity index is 1620. The standard InChI is InChI=1S/C28H24O13/c1-41-25(37)20(31)12-4-2-11(3-5-12)13-6-7-15(29)17-14(13)8-26(38)10-27(39)9-16(30)18(24(35)36)22(33)28(27,40)23(34)19(26)21(17)32/h2-7,20,29,31-33,38-40H,8-10H2,1H3,(H,35,36)/t20?,26-,27+,28-/m0/s1. The summed E-state index contributed by atoms with van der Waals surface area (Å²) in [6, 6.07) is 8.47. The first kappa shape index (κ1) is 28.0. The first-order valence-electron chi connectivity index (χ1n) is 12.2. The van der Waals surface area contributed by atoms with E-state index >= 15 is 0 Å². The predicted molar refractivity (Wildman–Crippen MR) is 135 cm³/mol. The maximum absolute atomic E-state index is 13.6. The van der Waals surface area contributed by atoms with Gasteiger partial charge in [-0.1, -0.05) is 30.3 Å². The van der Waals surface area contributed by atoms with Crippen LogP contribution in [0.5, 0.6) is 5.75 Å². The highest BCUT2D eigenvalue weighted by molar-refractivity contribution is 6.22. The summed E-state index contributed by atoms with van der Waals surface area (Å²) in [6.45, 7) is 0. The van der Waals surface area contributed by atoms with Gasteiger partial charge in [-0.05, 0) is 28.3 Å². The summed E-state index contributed by atoms with van der Waals surface area (Å²) >= 11 is 0. The molecule has 4 atom stereocenters. The molecule has 13 heteroatoms. The topological polar surface area (TPSA) is 239 Å². The molecule has 0 bridgehead atoms. The van der Waals surface area contributed by atoms with Crippen molar-refractivity contribution in [2.45, 2.75) is 42.2 Å². The average Bonchev–Trinajstić information content (AvgIpc) is 2.89. The fourth-order valence-corrected chi connectivity index (χ4v) is 6.05. The van der Waals surface area contributed by atoms with Crippen LogP contribution >= 0.6 is 0 Å². The van der Waals surface area contributed by atoms with Crippen molar-refractivity contribution in [1.29, 1.82) is 0 Å². The molecule has 8 N–H and O–H groups in total. The Morgan fingerprint density at radius 3 is 2.17 bits per heavy atom. The van der Waals surface area contributed by atoms with Crippen LogP contribution in [0.4, 0.5) is 0 Å². The molecule has 0 saturated heterocycles. The van der Waals surface area contributed by atoms with Crippen LogP contribution in [0.25, 0.3) is 16.9 Å². The van der Waals surface area contributed by atoms with Crippen LogP contribution in [-0.2, 0) is 30.3 Å². The Morgan fingerprint density at radius 2 is 1.59 bits per heavy atom. The van der Waals surface area contributed by atoms with E-state index in [1.54, 1.807) is 0 Å². The van der Waals surface area contributed by atoms with Crippen molar-refractivity contribution in [2.24, 2.45) is 0 Å². The van der Waals surface area contributed by atoms with Gasteiger partial charge in [-0.3, -0.25) is 9.59 Å². The first-order valence-corrected chi connectivity index (χ1v) is 12.2. The highest BCUT2D eigenvalue weighted by Crippen LogP contribution is 2.56. The molecule has 41 heavy (non-hydrogen) atoms. The van der Waals surface area contributed by atoms with Gasteiger partial charge >= 0.3 is 11.9 Å². The smallest absolute Gasteiger partial charge is 0.342 e. The van der Waals surface area contributed by atoms with Crippen molar-refractivity contribution in [3.63, 3.8) is 0 Å². The molecule has 3 aliphatic rings. The van der Waals surface area contributed by atoms with E-state index in [-0.39, 0.29) is 16.7 Å². The summed E-state index contributed by atoms with van der Waals surface area (Å²) in [5, 5.41) is 86.2. The van der Waals surface area contributed by atoms with Gasteiger partial charge in [0, 0.05) is 19.3 Å². The van der Waals surface area contributed by atoms with Crippen molar-refractivity contribution in [2.75, 3.05) is 7.11 Å². The van der Waals surface area contributed by atoms with Crippen LogP contribution in [0.1, 0.15) is 35.6 Å². The average molecular weight is 568 g/mol. The summed E-state index contributed by atoms with van der Waals surface area (Å²) in [7, 11) is 1.11. The number of aromatic hydroxyl groups is 1. The van der Waals surface area contributed by atoms with E-state index in [0.29, 0.717) is 11.1 Å². The van der Waals surface area contributed by atoms with Gasteiger partial charge in [-0.2, -0.15) is 0 Å². The zero-order chi connectivity index (χ0) is 30.2. The maximum atomic E-state index is 13.6. The number of aliphatic hydroxyl groups excluding tert-OH is 3. The number of carboxylic acid groups (broad SMARTS) is 1. The fourth-order valence-electron chi connectivity index (χ4n) is 6.05. The van der Waals surface area contributed by atoms with E-state index in [0.717, 1.165) is 7.11 Å². The Hall–Kier alpha value is -4.56. The monoisotopic (exact) mass is 568 g/mol. The zero-order valence-corrected chi connectivity index (χ0v) is 21.3. The summed E-state index contributed by atoms with van der Waals surface area (Å²) in [6.07, 6.45) is -4.22. The van der Waals surface area contributed by atoms with Crippen molar-refractivity contribution in [3.05, 3.63) is 70.0 Å². The lowest BCUT2D eigenvalue weighted by molar-refractivity contribution is -0.200. The van der Waals surface area contributed by atoms with E-state index in [9.17, 15) is 60.0 Å². The quantitative estimate of drug-likeness (QED) is 0.181. The molecule has 0 amide bonds. The molecule has 2 aromatic carbocycles. The second-order valence-corrected chi connectivity index (χ2v) is 10.3. The second kappa shape index (κ2) is 8.97. The number of carbonyl (C=O) groups is 4. The fraction of sp³-hybridized carbons (Fsp3) is 0.286. The van der Waals surface area contributed by atoms with E-state index < -0.39 is 94.1 Å². The van der Waals surface area contributed by atoms with Crippen molar-refractivity contribution < 1.29 is 64.8 Å². The number of aliphatic carboxylic acids is 1. The van der Waals surface area contributed by atoms with Gasteiger partial charge in [0.05, 0.1) is 18.2 Å². The summed E-state index contributed by atoms with van der Waals surface area (Å²) in [5.74, 6) is -8.94. The normalized spacial score (nSPS) is 28.0. The number of esters is 1. The number of methoxy groups -OCH3 is 1. The summed E-state index contributed by atoms with van der Waals surface area (Å²) < 4.78 is 4.52. The van der Waals surface area contributed by atoms with Crippen LogP contribution in [0.3, 0.4) is 0 Å². The number of aliphatic hydroxyl groups is 6. The van der Waals surface area contributed by atoms with Gasteiger partial charge in [0.25, 0.3) is 0 Å². The van der Waals surface area contributed by atoms with Gasteiger partial charge in [0.2, 0.25) is 11.4 Å². The molecule has 1 fully saturated rings. The number of hydrogen-bond acceptors (Lipinski definition) is 12. The van der Waals surface area contributed by atoms with Gasteiger partial charge in [-0.25, -0.2) is 9.59 Å². The Labute approximate surface area is 230 Å². The Kier molecular flexibility index (Phi) is 6.13. The molecule has 5 rings (SSSR count). The molecule has 3 aliphatic carbocycles. The minimum absolute atomic E-state index is 0.102. The molecular formula is C28H24O13. The molecule has 0 radical (unpaired) electrons. The number of hydrogen-bond donors (Lipinski definition) is 8. The Morgan fingerprint density at radius 1 is 0.951 bits per heavy atom. The van der Waals surface area contributed by atoms with E-state index in [4.69, 9.17) is 0 Å². The number of phenols is 1. The van der Waals surface area contributed by atoms with Crippen LogP contribution in [0.15, 0.2) is 53.3 Å². The minimum atomic E-state index is -3.40. The molecular weight excluding hydrogens is 544 g/mol. The number of carbonyl (C=O) groups excluding carboxylic acids is 3. The lowest BCUT2D eigenvalue weighted by atomic mass is 9.55. The molecule has 13 nitrogen and oxygen atoms in total. The molecule has 1 saturated carbocycles. The van der Waals surface area contributed by atoms with Gasteiger partial charge in [-0.15, -0.1) is 0 Å². The van der Waals surface area contributed by atoms with Gasteiger partial charge in [0.1, 0.15) is 28.3 Å². The number of fused-ring (bicyclic) bond motifs is 3. The largest absolute Gasteiger partial charge is 0.508 e. The summed E-state index contributed by atoms with van der Waals surface area (Å²) in [5.41, 5.74) is -10.2.